The van der Waals surface area contributed by atoms with Crippen molar-refractivity contribution in [2.75, 3.05) is 19.8 Å². The smallest absolute Gasteiger partial charge is 0.251 e. The van der Waals surface area contributed by atoms with Crippen LogP contribution in [0.5, 0.6) is 11.5 Å². The maximum Gasteiger partial charge on any atom is 0.251 e. The van der Waals surface area contributed by atoms with Crippen LogP contribution in [0.3, 0.4) is 0 Å². The first kappa shape index (κ1) is 19.8. The van der Waals surface area contributed by atoms with Crippen molar-refractivity contribution in [1.29, 1.82) is 0 Å². The molecule has 28 heavy (non-hydrogen) atoms. The second-order valence-electron chi connectivity index (χ2n) is 6.66. The number of unbranched alkanes of at least 4 members (excludes halogenated alkanes) is 1. The van der Waals surface area contributed by atoms with Crippen LogP contribution in [0.15, 0.2) is 48.7 Å². The van der Waals surface area contributed by atoms with Crippen LogP contribution in [0.25, 0.3) is 10.9 Å². The van der Waals surface area contributed by atoms with Crippen molar-refractivity contribution in [3.63, 3.8) is 0 Å². The number of aromatic nitrogens is 1. The number of fused-ring (bicyclic) bond motifs is 1. The molecule has 0 unspecified atom stereocenters. The van der Waals surface area contributed by atoms with E-state index < -0.39 is 0 Å². The first-order valence-corrected chi connectivity index (χ1v) is 9.95. The van der Waals surface area contributed by atoms with E-state index in [0.717, 1.165) is 24.8 Å². The van der Waals surface area contributed by atoms with Crippen molar-refractivity contribution in [2.24, 2.45) is 0 Å². The number of benzene rings is 2. The van der Waals surface area contributed by atoms with Crippen LogP contribution in [0, 0.1) is 0 Å². The van der Waals surface area contributed by atoms with Gasteiger partial charge in [0.2, 0.25) is 0 Å². The summed E-state index contributed by atoms with van der Waals surface area (Å²) in [5, 5.41) is 4.19. The molecule has 2 N–H and O–H groups in total. The van der Waals surface area contributed by atoms with Crippen LogP contribution in [-0.4, -0.2) is 30.6 Å². The molecule has 0 spiro atoms. The number of hydrogen-bond acceptors (Lipinski definition) is 3. The number of carbonyl (C=O) groups is 1. The summed E-state index contributed by atoms with van der Waals surface area (Å²) in [7, 11) is 0. The molecular formula is C23H28N2O3. The Morgan fingerprint density at radius 1 is 1.07 bits per heavy atom. The molecular weight excluding hydrogens is 352 g/mol. The lowest BCUT2D eigenvalue weighted by Gasteiger charge is -2.13. The number of ether oxygens (including phenoxy) is 2. The number of para-hydroxylation sites is 1. The van der Waals surface area contributed by atoms with E-state index in [2.05, 4.69) is 29.4 Å². The molecule has 0 saturated carbocycles. The summed E-state index contributed by atoms with van der Waals surface area (Å²) in [4.78, 5) is 15.8. The summed E-state index contributed by atoms with van der Waals surface area (Å²) in [6.45, 7) is 5.78. The predicted molar refractivity (Wildman–Crippen MR) is 112 cm³/mol. The number of amides is 1. The SMILES string of the molecule is CCCCOc1ccc(C(=O)NCCc2c[nH]c3ccccc23)cc1OCC. The molecule has 3 rings (SSSR count). The van der Waals surface area contributed by atoms with Gasteiger partial charge in [-0.2, -0.15) is 0 Å². The predicted octanol–water partition coefficient (Wildman–Crippen LogP) is 4.72. The topological polar surface area (TPSA) is 63.3 Å². The molecule has 2 aromatic carbocycles. The third-order valence-corrected chi connectivity index (χ3v) is 4.62. The molecule has 0 saturated heterocycles. The van der Waals surface area contributed by atoms with Gasteiger partial charge in [-0.05, 0) is 49.6 Å². The Hall–Kier alpha value is -2.95. The van der Waals surface area contributed by atoms with Gasteiger partial charge in [-0.1, -0.05) is 31.5 Å². The van der Waals surface area contributed by atoms with Crippen LogP contribution in [0.1, 0.15) is 42.6 Å². The lowest BCUT2D eigenvalue weighted by Crippen LogP contribution is -2.25. The summed E-state index contributed by atoms with van der Waals surface area (Å²) in [6.07, 6.45) is 4.83. The second kappa shape index (κ2) is 9.83. The molecule has 0 atom stereocenters. The zero-order valence-electron chi connectivity index (χ0n) is 16.6. The average molecular weight is 380 g/mol. The van der Waals surface area contributed by atoms with Gasteiger partial charge in [-0.25, -0.2) is 0 Å². The van der Waals surface area contributed by atoms with Crippen molar-refractivity contribution >= 4 is 16.8 Å². The number of carbonyl (C=O) groups excluding carboxylic acids is 1. The number of aromatic amines is 1. The highest BCUT2D eigenvalue weighted by atomic mass is 16.5. The van der Waals surface area contributed by atoms with Crippen molar-refractivity contribution in [3.05, 3.63) is 59.8 Å². The largest absolute Gasteiger partial charge is 0.490 e. The van der Waals surface area contributed by atoms with E-state index in [1.165, 1.54) is 10.9 Å². The lowest BCUT2D eigenvalue weighted by molar-refractivity contribution is 0.0953. The normalized spacial score (nSPS) is 10.8. The number of H-pyrrole nitrogens is 1. The maximum atomic E-state index is 12.5. The first-order valence-electron chi connectivity index (χ1n) is 9.95. The average Bonchev–Trinajstić information content (AvgIpc) is 3.12. The van der Waals surface area contributed by atoms with Gasteiger partial charge >= 0.3 is 0 Å². The van der Waals surface area contributed by atoms with Gasteiger partial charge in [0.25, 0.3) is 5.91 Å². The summed E-state index contributed by atoms with van der Waals surface area (Å²) in [6, 6.07) is 13.5. The fourth-order valence-corrected chi connectivity index (χ4v) is 3.11. The van der Waals surface area contributed by atoms with Crippen molar-refractivity contribution < 1.29 is 14.3 Å². The Balaban J connectivity index is 1.60. The third kappa shape index (κ3) is 4.85. The highest BCUT2D eigenvalue weighted by Crippen LogP contribution is 2.28. The van der Waals surface area contributed by atoms with Gasteiger partial charge in [0.1, 0.15) is 0 Å². The van der Waals surface area contributed by atoms with Gasteiger partial charge in [0.15, 0.2) is 11.5 Å². The Bertz CT molecular complexity index is 917. The molecule has 0 bridgehead atoms. The lowest BCUT2D eigenvalue weighted by atomic mass is 10.1. The molecule has 3 aromatic rings. The zero-order valence-corrected chi connectivity index (χ0v) is 16.6. The standard InChI is InChI=1S/C23H28N2O3/c1-3-5-14-28-21-11-10-17(15-22(21)27-4-2)23(26)24-13-12-18-16-25-20-9-7-6-8-19(18)20/h6-11,15-16,25H,3-5,12-14H2,1-2H3,(H,24,26). The highest BCUT2D eigenvalue weighted by Gasteiger charge is 2.12. The summed E-state index contributed by atoms with van der Waals surface area (Å²) >= 11 is 0. The van der Waals surface area contributed by atoms with Crippen LogP contribution in [0.4, 0.5) is 0 Å². The fraction of sp³-hybridized carbons (Fsp3) is 0.348. The molecule has 1 heterocycles. The van der Waals surface area contributed by atoms with Gasteiger partial charge in [0, 0.05) is 29.2 Å². The first-order chi connectivity index (χ1) is 13.7. The summed E-state index contributed by atoms with van der Waals surface area (Å²) in [5.74, 6) is 1.19. The van der Waals surface area contributed by atoms with Gasteiger partial charge in [0.05, 0.1) is 13.2 Å². The highest BCUT2D eigenvalue weighted by molar-refractivity contribution is 5.95. The molecule has 0 radical (unpaired) electrons. The van der Waals surface area contributed by atoms with Gasteiger partial charge in [-0.3, -0.25) is 4.79 Å². The number of nitrogens with one attached hydrogen (secondary N) is 2. The number of hydrogen-bond donors (Lipinski definition) is 2. The number of rotatable bonds is 10. The zero-order chi connectivity index (χ0) is 19.8. The third-order valence-electron chi connectivity index (χ3n) is 4.62. The van der Waals surface area contributed by atoms with E-state index in [1.54, 1.807) is 12.1 Å². The minimum absolute atomic E-state index is 0.110. The van der Waals surface area contributed by atoms with Gasteiger partial charge in [-0.15, -0.1) is 0 Å². The van der Waals surface area contributed by atoms with Gasteiger partial charge < -0.3 is 19.8 Å². The molecule has 148 valence electrons. The summed E-state index contributed by atoms with van der Waals surface area (Å²) in [5.41, 5.74) is 2.89. The minimum atomic E-state index is -0.110. The van der Waals surface area contributed by atoms with Crippen molar-refractivity contribution in [1.82, 2.24) is 10.3 Å². The quantitative estimate of drug-likeness (QED) is 0.500. The fourth-order valence-electron chi connectivity index (χ4n) is 3.11. The van der Waals surface area contributed by atoms with Crippen LogP contribution < -0.4 is 14.8 Å². The molecule has 0 fully saturated rings. The molecule has 5 nitrogen and oxygen atoms in total. The van der Waals surface area contributed by atoms with Crippen LogP contribution >= 0.6 is 0 Å². The molecule has 5 heteroatoms. The maximum absolute atomic E-state index is 12.5. The van der Waals surface area contributed by atoms with Crippen molar-refractivity contribution in [2.45, 2.75) is 33.1 Å². The van der Waals surface area contributed by atoms with Crippen molar-refractivity contribution in [3.8, 4) is 11.5 Å². The minimum Gasteiger partial charge on any atom is -0.490 e. The molecule has 0 aliphatic rings. The molecule has 0 aliphatic heterocycles. The monoisotopic (exact) mass is 380 g/mol. The second-order valence-corrected chi connectivity index (χ2v) is 6.66. The summed E-state index contributed by atoms with van der Waals surface area (Å²) < 4.78 is 11.4. The van der Waals surface area contributed by atoms with E-state index in [1.807, 2.05) is 31.3 Å². The molecule has 1 amide bonds. The van der Waals surface area contributed by atoms with E-state index >= 15 is 0 Å². The van der Waals surface area contributed by atoms with Crippen LogP contribution in [0.2, 0.25) is 0 Å². The Labute approximate surface area is 166 Å². The van der Waals surface area contributed by atoms with Crippen LogP contribution in [-0.2, 0) is 6.42 Å². The Morgan fingerprint density at radius 3 is 2.75 bits per heavy atom. The molecule has 0 aliphatic carbocycles. The van der Waals surface area contributed by atoms with E-state index in [4.69, 9.17) is 9.47 Å². The Kier molecular flexibility index (Phi) is 6.95. The van der Waals surface area contributed by atoms with E-state index in [9.17, 15) is 4.79 Å². The Morgan fingerprint density at radius 2 is 1.93 bits per heavy atom. The molecule has 1 aromatic heterocycles. The van der Waals surface area contributed by atoms with E-state index in [-0.39, 0.29) is 5.91 Å². The van der Waals surface area contributed by atoms with E-state index in [0.29, 0.717) is 36.8 Å².